The van der Waals surface area contributed by atoms with E-state index >= 15 is 0 Å². The molecule has 3 N–H and O–H groups in total. The van der Waals surface area contributed by atoms with E-state index < -0.39 is 55.4 Å². The zero-order chi connectivity index (χ0) is 21.4. The molecule has 2 atom stereocenters. The summed E-state index contributed by atoms with van der Waals surface area (Å²) in [5, 5.41) is 9.87. The predicted octanol–water partition coefficient (Wildman–Crippen LogP) is 1.10. The summed E-state index contributed by atoms with van der Waals surface area (Å²) in [5.74, 6) is -3.77. The van der Waals surface area contributed by atoms with Crippen molar-refractivity contribution in [2.45, 2.75) is 24.3 Å². The van der Waals surface area contributed by atoms with E-state index in [2.05, 4.69) is 0 Å². The second-order valence-electron chi connectivity index (χ2n) is 6.39. The molecule has 1 heterocycles. The van der Waals surface area contributed by atoms with E-state index in [4.69, 9.17) is 17.3 Å². The molecule has 0 fully saturated rings. The third kappa shape index (κ3) is 3.80. The minimum Gasteiger partial charge on any atom is -0.389 e. The average Bonchev–Trinajstić information content (AvgIpc) is 2.59. The van der Waals surface area contributed by atoms with Crippen LogP contribution in [0.1, 0.15) is 6.92 Å². The Morgan fingerprint density at radius 2 is 1.93 bits per heavy atom. The van der Waals surface area contributed by atoms with E-state index in [0.717, 1.165) is 36.1 Å². The molecular formula is C17H17ClF2N2O5S. The lowest BCUT2D eigenvalue weighted by Gasteiger charge is -2.29. The Kier molecular flexibility index (Phi) is 5.98. The Bertz CT molecular complexity index is 1100. The standard InChI is InChI=1S/C17H17ClF2N2O5S/c1-17(16(21)25,28(2,26)27)12(23)8-22-6-5-9(7-13(22)24)10-3-4-11(18)15(20)14(10)19/h3-7,12,23H,8H2,1-2H3,(H2,21,25)/t12?,17-/m1/s1. The summed E-state index contributed by atoms with van der Waals surface area (Å²) in [4.78, 5) is 23.9. The Balaban J connectivity index is 2.42. The van der Waals surface area contributed by atoms with Crippen molar-refractivity contribution >= 4 is 27.3 Å². The first-order valence-electron chi connectivity index (χ1n) is 7.82. The third-order valence-corrected chi connectivity index (χ3v) is 6.91. The molecule has 1 unspecified atom stereocenters. The topological polar surface area (TPSA) is 119 Å². The molecule has 28 heavy (non-hydrogen) atoms. The number of carbonyl (C=O) groups excluding carboxylic acids is 1. The summed E-state index contributed by atoms with van der Waals surface area (Å²) in [6, 6.07) is 4.57. The number of nitrogens with zero attached hydrogens (tertiary/aromatic N) is 1. The molecule has 0 bridgehead atoms. The maximum Gasteiger partial charge on any atom is 0.251 e. The number of nitrogens with two attached hydrogens (primary N) is 1. The summed E-state index contributed by atoms with van der Waals surface area (Å²) in [7, 11) is -4.11. The first-order chi connectivity index (χ1) is 12.8. The highest BCUT2D eigenvalue weighted by Gasteiger charge is 2.48. The molecule has 0 aliphatic carbocycles. The van der Waals surface area contributed by atoms with Gasteiger partial charge in [-0.1, -0.05) is 11.6 Å². The zero-order valence-electron chi connectivity index (χ0n) is 14.8. The molecule has 2 rings (SSSR count). The van der Waals surface area contributed by atoms with Gasteiger partial charge in [-0.3, -0.25) is 9.59 Å². The highest BCUT2D eigenvalue weighted by Crippen LogP contribution is 2.28. The molecule has 2 aromatic rings. The van der Waals surface area contributed by atoms with Gasteiger partial charge in [0.2, 0.25) is 5.91 Å². The number of primary amides is 1. The number of carbonyl (C=O) groups is 1. The fourth-order valence-corrected chi connectivity index (χ4v) is 3.61. The number of rotatable bonds is 6. The number of aromatic nitrogens is 1. The fourth-order valence-electron chi connectivity index (χ4n) is 2.53. The van der Waals surface area contributed by atoms with Crippen LogP contribution in [0.3, 0.4) is 0 Å². The predicted molar refractivity (Wildman–Crippen MR) is 99.5 cm³/mol. The first-order valence-corrected chi connectivity index (χ1v) is 10.1. The van der Waals surface area contributed by atoms with E-state index in [1.54, 1.807) is 0 Å². The van der Waals surface area contributed by atoms with Gasteiger partial charge in [-0.05, 0) is 30.7 Å². The Hall–Kier alpha value is -2.30. The van der Waals surface area contributed by atoms with Gasteiger partial charge in [0, 0.05) is 24.1 Å². The van der Waals surface area contributed by atoms with Crippen LogP contribution in [-0.4, -0.2) is 41.1 Å². The number of aliphatic hydroxyl groups is 1. The lowest BCUT2D eigenvalue weighted by atomic mass is 10.0. The van der Waals surface area contributed by atoms with E-state index in [-0.39, 0.29) is 11.1 Å². The van der Waals surface area contributed by atoms with Crippen molar-refractivity contribution in [1.82, 2.24) is 4.57 Å². The van der Waals surface area contributed by atoms with Crippen LogP contribution < -0.4 is 11.3 Å². The third-order valence-electron chi connectivity index (χ3n) is 4.61. The van der Waals surface area contributed by atoms with Gasteiger partial charge in [0.1, 0.15) is 6.10 Å². The lowest BCUT2D eigenvalue weighted by molar-refractivity contribution is -0.123. The number of aliphatic hydroxyl groups excluding tert-OH is 1. The lowest BCUT2D eigenvalue weighted by Crippen LogP contribution is -2.57. The van der Waals surface area contributed by atoms with E-state index in [0.29, 0.717) is 0 Å². The van der Waals surface area contributed by atoms with Crippen molar-refractivity contribution in [2.75, 3.05) is 6.26 Å². The van der Waals surface area contributed by atoms with Crippen LogP contribution in [0.2, 0.25) is 5.02 Å². The first kappa shape index (κ1) is 22.0. The molecule has 1 amide bonds. The Morgan fingerprint density at radius 3 is 2.43 bits per heavy atom. The second kappa shape index (κ2) is 7.61. The van der Waals surface area contributed by atoms with Crippen LogP contribution in [0.15, 0.2) is 35.3 Å². The Labute approximate surface area is 164 Å². The normalized spacial score (nSPS) is 15.1. The molecule has 1 aromatic heterocycles. The molecule has 0 aliphatic heterocycles. The maximum absolute atomic E-state index is 14.0. The van der Waals surface area contributed by atoms with Gasteiger partial charge >= 0.3 is 0 Å². The van der Waals surface area contributed by atoms with E-state index in [9.17, 15) is 31.9 Å². The summed E-state index contributed by atoms with van der Waals surface area (Å²) in [5.41, 5.74) is 4.24. The van der Waals surface area contributed by atoms with Crippen molar-refractivity contribution < 1.29 is 27.1 Å². The minimum atomic E-state index is -4.11. The summed E-state index contributed by atoms with van der Waals surface area (Å²) >= 11 is 5.50. The average molecular weight is 435 g/mol. The van der Waals surface area contributed by atoms with E-state index in [1.165, 1.54) is 12.1 Å². The molecule has 0 radical (unpaired) electrons. The minimum absolute atomic E-state index is 0.0459. The van der Waals surface area contributed by atoms with Crippen LogP contribution in [0.4, 0.5) is 8.78 Å². The highest BCUT2D eigenvalue weighted by atomic mass is 35.5. The van der Waals surface area contributed by atoms with Gasteiger partial charge < -0.3 is 15.4 Å². The summed E-state index contributed by atoms with van der Waals surface area (Å²) in [6.45, 7) is 0.393. The maximum atomic E-state index is 14.0. The largest absolute Gasteiger partial charge is 0.389 e. The number of sulfone groups is 1. The zero-order valence-corrected chi connectivity index (χ0v) is 16.4. The van der Waals surface area contributed by atoms with Crippen LogP contribution >= 0.6 is 11.6 Å². The van der Waals surface area contributed by atoms with Gasteiger partial charge in [0.15, 0.2) is 26.2 Å². The molecule has 0 aliphatic rings. The van der Waals surface area contributed by atoms with Gasteiger partial charge in [0.25, 0.3) is 5.56 Å². The summed E-state index contributed by atoms with van der Waals surface area (Å²) in [6.07, 6.45) is 0.0644. The fraction of sp³-hybridized carbons (Fsp3) is 0.294. The van der Waals surface area contributed by atoms with Gasteiger partial charge in [-0.25, -0.2) is 17.2 Å². The van der Waals surface area contributed by atoms with Crippen molar-refractivity contribution in [3.63, 3.8) is 0 Å². The van der Waals surface area contributed by atoms with Crippen LogP contribution in [0, 0.1) is 11.6 Å². The monoisotopic (exact) mass is 434 g/mol. The molecule has 0 saturated heterocycles. The number of pyridine rings is 1. The second-order valence-corrected chi connectivity index (χ2v) is 9.19. The number of hydrogen-bond donors (Lipinski definition) is 2. The molecule has 152 valence electrons. The molecule has 7 nitrogen and oxygen atoms in total. The Morgan fingerprint density at radius 1 is 1.32 bits per heavy atom. The number of benzene rings is 1. The summed E-state index contributed by atoms with van der Waals surface area (Å²) < 4.78 is 50.1. The number of hydrogen-bond acceptors (Lipinski definition) is 5. The number of halogens is 3. The molecular weight excluding hydrogens is 418 g/mol. The van der Waals surface area contributed by atoms with Crippen molar-refractivity contribution in [2.24, 2.45) is 5.73 Å². The van der Waals surface area contributed by atoms with Gasteiger partial charge in [-0.15, -0.1) is 0 Å². The van der Waals surface area contributed by atoms with Crippen molar-refractivity contribution in [3.8, 4) is 11.1 Å². The molecule has 1 aromatic carbocycles. The van der Waals surface area contributed by atoms with Crippen molar-refractivity contribution in [1.29, 1.82) is 0 Å². The molecule has 0 spiro atoms. The van der Waals surface area contributed by atoms with Crippen molar-refractivity contribution in [3.05, 3.63) is 57.5 Å². The highest BCUT2D eigenvalue weighted by molar-refractivity contribution is 7.92. The van der Waals surface area contributed by atoms with Gasteiger partial charge in [0.05, 0.1) is 11.6 Å². The smallest absolute Gasteiger partial charge is 0.251 e. The number of amides is 1. The quantitative estimate of drug-likeness (QED) is 0.660. The molecule has 0 saturated carbocycles. The van der Waals surface area contributed by atoms with Crippen LogP contribution in [0.5, 0.6) is 0 Å². The SMILES string of the molecule is C[C@](C(N)=O)(C(O)Cn1ccc(-c2ccc(Cl)c(F)c2F)cc1=O)S(C)(=O)=O. The van der Waals surface area contributed by atoms with E-state index in [1.807, 2.05) is 0 Å². The van der Waals surface area contributed by atoms with Crippen LogP contribution in [0.25, 0.3) is 11.1 Å². The molecule has 11 heteroatoms. The van der Waals surface area contributed by atoms with Gasteiger partial charge in [-0.2, -0.15) is 0 Å². The van der Waals surface area contributed by atoms with Crippen LogP contribution in [-0.2, 0) is 21.2 Å².